The van der Waals surface area contributed by atoms with Crippen molar-refractivity contribution in [3.63, 3.8) is 0 Å². The van der Waals surface area contributed by atoms with Gasteiger partial charge < -0.3 is 14.1 Å². The molecule has 1 aromatic carbocycles. The third-order valence-corrected chi connectivity index (χ3v) is 6.66. The van der Waals surface area contributed by atoms with Gasteiger partial charge in [0, 0.05) is 19.7 Å². The first-order chi connectivity index (χ1) is 12.0. The monoisotopic (exact) mass is 384 g/mol. The number of fused-ring (bicyclic) bond motifs is 1. The number of methoxy groups -OCH3 is 1. The summed E-state index contributed by atoms with van der Waals surface area (Å²) < 4.78 is 34.1. The summed E-state index contributed by atoms with van der Waals surface area (Å²) in [4.78, 5) is 18.6. The van der Waals surface area contributed by atoms with Crippen LogP contribution in [0.1, 0.15) is 6.42 Å². The molecular weight excluding hydrogens is 364 g/mol. The van der Waals surface area contributed by atoms with Gasteiger partial charge in [0.05, 0.1) is 23.9 Å². The predicted molar refractivity (Wildman–Crippen MR) is 95.4 cm³/mol. The highest BCUT2D eigenvalue weighted by atomic mass is 32.2. The number of amides is 1. The molecule has 0 bridgehead atoms. The zero-order chi connectivity index (χ0) is 17.9. The molecule has 0 N–H and O–H groups in total. The van der Waals surface area contributed by atoms with Crippen molar-refractivity contribution >= 4 is 38.6 Å². The van der Waals surface area contributed by atoms with Crippen molar-refractivity contribution in [2.24, 2.45) is 0 Å². The van der Waals surface area contributed by atoms with Gasteiger partial charge in [-0.2, -0.15) is 0 Å². The van der Waals surface area contributed by atoms with Gasteiger partial charge in [0.25, 0.3) is 5.22 Å². The van der Waals surface area contributed by atoms with E-state index in [0.717, 1.165) is 5.52 Å². The number of carbonyl (C=O) groups excluding carboxylic acids is 1. The summed E-state index contributed by atoms with van der Waals surface area (Å²) in [5.41, 5.74) is 1.42. The fourth-order valence-electron chi connectivity index (χ4n) is 2.84. The molecule has 0 saturated carbocycles. The molecule has 0 aliphatic carbocycles. The number of carbonyl (C=O) groups is 1. The summed E-state index contributed by atoms with van der Waals surface area (Å²) in [7, 11) is -1.50. The van der Waals surface area contributed by atoms with Crippen molar-refractivity contribution in [1.82, 2.24) is 9.88 Å². The second kappa shape index (κ2) is 7.76. The molecule has 136 valence electrons. The van der Waals surface area contributed by atoms with Crippen LogP contribution < -0.4 is 0 Å². The molecule has 0 radical (unpaired) electrons. The number of hydrogen-bond acceptors (Lipinski definition) is 7. The van der Waals surface area contributed by atoms with Gasteiger partial charge >= 0.3 is 0 Å². The SMILES string of the molecule is COCCN(C(=O)CSc1nc2ccccc2o1)[C@@H]1CCS(=O)(=O)C1. The first-order valence-electron chi connectivity index (χ1n) is 7.96. The minimum Gasteiger partial charge on any atom is -0.431 e. The van der Waals surface area contributed by atoms with Gasteiger partial charge in [-0.25, -0.2) is 13.4 Å². The summed E-state index contributed by atoms with van der Waals surface area (Å²) in [6.07, 6.45) is 0.478. The number of hydrogen-bond donors (Lipinski definition) is 0. The maximum atomic E-state index is 12.6. The highest BCUT2D eigenvalue weighted by Gasteiger charge is 2.34. The van der Waals surface area contributed by atoms with Gasteiger partial charge in [0.15, 0.2) is 15.4 Å². The van der Waals surface area contributed by atoms with E-state index in [9.17, 15) is 13.2 Å². The highest BCUT2D eigenvalue weighted by molar-refractivity contribution is 7.99. The van der Waals surface area contributed by atoms with E-state index in [1.54, 1.807) is 12.0 Å². The smallest absolute Gasteiger partial charge is 0.257 e. The maximum Gasteiger partial charge on any atom is 0.257 e. The molecule has 1 aliphatic heterocycles. The molecule has 25 heavy (non-hydrogen) atoms. The summed E-state index contributed by atoms with van der Waals surface area (Å²) in [6.45, 7) is 0.749. The number of sulfone groups is 1. The lowest BCUT2D eigenvalue weighted by Gasteiger charge is -2.27. The Balaban J connectivity index is 1.65. The van der Waals surface area contributed by atoms with Crippen molar-refractivity contribution < 1.29 is 22.4 Å². The number of rotatable bonds is 7. The molecule has 0 unspecified atom stereocenters. The molecule has 1 aliphatic rings. The van der Waals surface area contributed by atoms with Crippen molar-refractivity contribution in [3.05, 3.63) is 24.3 Å². The van der Waals surface area contributed by atoms with Crippen LogP contribution in [0.4, 0.5) is 0 Å². The predicted octanol–water partition coefficient (Wildman–Crippen LogP) is 1.58. The number of oxazole rings is 1. The summed E-state index contributed by atoms with van der Waals surface area (Å²) in [6, 6.07) is 7.12. The minimum absolute atomic E-state index is 0.0238. The van der Waals surface area contributed by atoms with Crippen molar-refractivity contribution in [1.29, 1.82) is 0 Å². The van der Waals surface area contributed by atoms with Crippen LogP contribution >= 0.6 is 11.8 Å². The highest BCUT2D eigenvalue weighted by Crippen LogP contribution is 2.24. The van der Waals surface area contributed by atoms with Crippen LogP contribution in [0, 0.1) is 0 Å². The minimum atomic E-state index is -3.06. The Kier molecular flexibility index (Phi) is 5.65. The van der Waals surface area contributed by atoms with Crippen LogP contribution in [0.25, 0.3) is 11.1 Å². The summed E-state index contributed by atoms with van der Waals surface area (Å²) in [5, 5.41) is 0.431. The molecule has 1 fully saturated rings. The number of nitrogens with zero attached hydrogens (tertiary/aromatic N) is 2. The summed E-state index contributed by atoms with van der Waals surface area (Å²) in [5.74, 6) is 0.168. The van der Waals surface area contributed by atoms with E-state index in [2.05, 4.69) is 4.98 Å². The van der Waals surface area contributed by atoms with E-state index in [4.69, 9.17) is 9.15 Å². The van der Waals surface area contributed by atoms with E-state index in [1.165, 1.54) is 11.8 Å². The lowest BCUT2D eigenvalue weighted by Crippen LogP contribution is -2.44. The third-order valence-electron chi connectivity index (χ3n) is 4.10. The van der Waals surface area contributed by atoms with Crippen molar-refractivity contribution in [2.75, 3.05) is 37.5 Å². The zero-order valence-electron chi connectivity index (χ0n) is 13.9. The fourth-order valence-corrected chi connectivity index (χ4v) is 5.30. The molecule has 2 heterocycles. The Labute approximate surface area is 150 Å². The maximum absolute atomic E-state index is 12.6. The van der Waals surface area contributed by atoms with Crippen LogP contribution in [-0.4, -0.2) is 67.8 Å². The average Bonchev–Trinajstić information content (AvgIpc) is 3.16. The molecule has 2 aromatic rings. The Morgan fingerprint density at radius 3 is 2.92 bits per heavy atom. The van der Waals surface area contributed by atoms with Gasteiger partial charge in [-0.3, -0.25) is 4.79 Å². The lowest BCUT2D eigenvalue weighted by atomic mass is 10.2. The third kappa shape index (κ3) is 4.53. The van der Waals surface area contributed by atoms with E-state index in [-0.39, 0.29) is 29.2 Å². The lowest BCUT2D eigenvalue weighted by molar-refractivity contribution is -0.130. The van der Waals surface area contributed by atoms with E-state index < -0.39 is 9.84 Å². The largest absolute Gasteiger partial charge is 0.431 e. The quantitative estimate of drug-likeness (QED) is 0.670. The standard InChI is InChI=1S/C16H20N2O5S2/c1-22-8-7-18(12-6-9-25(20,21)11-12)15(19)10-24-16-17-13-4-2-3-5-14(13)23-16/h2-5,12H,6-11H2,1H3/t12-/m1/s1. The second-order valence-electron chi connectivity index (χ2n) is 5.87. The molecule has 9 heteroatoms. The van der Waals surface area contributed by atoms with Gasteiger partial charge in [0.1, 0.15) is 5.52 Å². The molecule has 1 amide bonds. The van der Waals surface area contributed by atoms with Crippen LogP contribution in [0.15, 0.2) is 33.9 Å². The number of ether oxygens (including phenoxy) is 1. The van der Waals surface area contributed by atoms with Crippen LogP contribution in [0.3, 0.4) is 0 Å². The Bertz CT molecular complexity index is 816. The summed E-state index contributed by atoms with van der Waals surface area (Å²) >= 11 is 1.22. The van der Waals surface area contributed by atoms with E-state index >= 15 is 0 Å². The molecule has 1 atom stereocenters. The topological polar surface area (TPSA) is 89.7 Å². The molecule has 7 nitrogen and oxygen atoms in total. The Morgan fingerprint density at radius 2 is 2.24 bits per heavy atom. The Hall–Kier alpha value is -1.58. The zero-order valence-corrected chi connectivity index (χ0v) is 15.5. The van der Waals surface area contributed by atoms with E-state index in [1.807, 2.05) is 24.3 Å². The molecule has 1 aromatic heterocycles. The first-order valence-corrected chi connectivity index (χ1v) is 10.8. The van der Waals surface area contributed by atoms with Gasteiger partial charge in [0.2, 0.25) is 5.91 Å². The number of thioether (sulfide) groups is 1. The fraction of sp³-hybridized carbons (Fsp3) is 0.500. The number of para-hydroxylation sites is 2. The van der Waals surface area contributed by atoms with Crippen molar-refractivity contribution in [3.8, 4) is 0 Å². The van der Waals surface area contributed by atoms with Gasteiger partial charge in [-0.1, -0.05) is 23.9 Å². The number of aromatic nitrogens is 1. The Morgan fingerprint density at radius 1 is 1.44 bits per heavy atom. The molecule has 1 saturated heterocycles. The van der Waals surface area contributed by atoms with Crippen LogP contribution in [-0.2, 0) is 19.4 Å². The average molecular weight is 384 g/mol. The van der Waals surface area contributed by atoms with Gasteiger partial charge in [-0.15, -0.1) is 0 Å². The molecule has 3 rings (SSSR count). The molecule has 0 spiro atoms. The van der Waals surface area contributed by atoms with Crippen LogP contribution in [0.5, 0.6) is 0 Å². The van der Waals surface area contributed by atoms with Gasteiger partial charge in [-0.05, 0) is 18.6 Å². The number of benzene rings is 1. The van der Waals surface area contributed by atoms with Crippen LogP contribution in [0.2, 0.25) is 0 Å². The van der Waals surface area contributed by atoms with E-state index in [0.29, 0.717) is 30.4 Å². The normalized spacial score (nSPS) is 19.3. The van der Waals surface area contributed by atoms with Crippen molar-refractivity contribution in [2.45, 2.75) is 17.7 Å². The second-order valence-corrected chi connectivity index (χ2v) is 9.03. The molecular formula is C16H20N2O5S2. The first kappa shape index (κ1) is 18.2.